The second kappa shape index (κ2) is 5.79. The Kier molecular flexibility index (Phi) is 4.04. The van der Waals surface area contributed by atoms with Gasteiger partial charge in [-0.2, -0.15) is 0 Å². The van der Waals surface area contributed by atoms with Crippen LogP contribution in [0.15, 0.2) is 30.4 Å². The van der Waals surface area contributed by atoms with E-state index in [1.165, 1.54) is 12.8 Å². The third kappa shape index (κ3) is 2.72. The van der Waals surface area contributed by atoms with E-state index in [-0.39, 0.29) is 11.8 Å². The van der Waals surface area contributed by atoms with E-state index in [2.05, 4.69) is 17.5 Å². The lowest BCUT2D eigenvalue weighted by molar-refractivity contribution is -0.117. The Bertz CT molecular complexity index is 535. The first-order valence-corrected chi connectivity index (χ1v) is 7.85. The topological polar surface area (TPSA) is 29.1 Å². The van der Waals surface area contributed by atoms with Crippen LogP contribution in [0.1, 0.15) is 25.7 Å². The van der Waals surface area contributed by atoms with Crippen molar-refractivity contribution in [2.75, 3.05) is 5.32 Å². The van der Waals surface area contributed by atoms with Crippen LogP contribution in [0.3, 0.4) is 0 Å². The summed E-state index contributed by atoms with van der Waals surface area (Å²) in [6.07, 6.45) is 9.14. The van der Waals surface area contributed by atoms with E-state index >= 15 is 0 Å². The molecule has 2 nitrogen and oxygen atoms in total. The maximum Gasteiger partial charge on any atom is 0.228 e. The zero-order valence-electron chi connectivity index (χ0n) is 11.1. The van der Waals surface area contributed by atoms with E-state index in [0.717, 1.165) is 12.8 Å². The lowest BCUT2D eigenvalue weighted by atomic mass is 10.1. The van der Waals surface area contributed by atoms with Gasteiger partial charge in [-0.15, -0.1) is 0 Å². The van der Waals surface area contributed by atoms with Crippen molar-refractivity contribution in [2.45, 2.75) is 25.7 Å². The molecule has 2 aliphatic rings. The lowest BCUT2D eigenvalue weighted by Crippen LogP contribution is -2.16. The molecule has 0 spiro atoms. The molecule has 0 saturated heterocycles. The number of fused-ring (bicyclic) bond motifs is 1. The smallest absolute Gasteiger partial charge is 0.228 e. The van der Waals surface area contributed by atoms with Crippen LogP contribution in [0, 0.1) is 17.8 Å². The van der Waals surface area contributed by atoms with Crippen molar-refractivity contribution in [1.29, 1.82) is 0 Å². The molecule has 1 aromatic carbocycles. The Hall–Kier alpha value is -0.990. The van der Waals surface area contributed by atoms with E-state index < -0.39 is 0 Å². The van der Waals surface area contributed by atoms with E-state index in [1.807, 2.05) is 0 Å². The van der Waals surface area contributed by atoms with Crippen molar-refractivity contribution in [3.63, 3.8) is 0 Å². The Morgan fingerprint density at radius 1 is 1.20 bits per heavy atom. The molecule has 0 heterocycles. The zero-order valence-corrected chi connectivity index (χ0v) is 12.6. The molecule has 1 N–H and O–H groups in total. The highest BCUT2D eigenvalue weighted by Gasteiger charge is 2.52. The maximum absolute atomic E-state index is 12.4. The molecule has 1 amide bonds. The van der Waals surface area contributed by atoms with Crippen LogP contribution in [0.5, 0.6) is 0 Å². The molecule has 20 heavy (non-hydrogen) atoms. The molecule has 3 rings (SSSR count). The number of nitrogens with one attached hydrogen (secondary N) is 1. The summed E-state index contributed by atoms with van der Waals surface area (Å²) in [5.74, 6) is 1.02. The van der Waals surface area contributed by atoms with Crippen LogP contribution in [0.4, 0.5) is 5.69 Å². The summed E-state index contributed by atoms with van der Waals surface area (Å²) in [5, 5.41) is 3.87. The van der Waals surface area contributed by atoms with Crippen LogP contribution >= 0.6 is 23.2 Å². The molecule has 0 aliphatic heterocycles. The van der Waals surface area contributed by atoms with Gasteiger partial charge in [-0.05, 0) is 43.2 Å². The zero-order chi connectivity index (χ0) is 14.1. The molecule has 0 aromatic heterocycles. The first kappa shape index (κ1) is 14.0. The summed E-state index contributed by atoms with van der Waals surface area (Å²) < 4.78 is 0. The van der Waals surface area contributed by atoms with Gasteiger partial charge in [0.1, 0.15) is 0 Å². The largest absolute Gasteiger partial charge is 0.323 e. The fourth-order valence-corrected chi connectivity index (χ4v) is 3.62. The standard InChI is InChI=1S/C16H17Cl2NO/c17-12-8-5-9-13(18)15(12)19-16(20)14-10-6-3-1-2-4-7-11(10)14/h3,5-6,8-11,14H,1-2,4,7H2,(H,19,20)/b6-3-/t10-,11-,14+/m0/s1. The number of para-hydroxylation sites is 1. The van der Waals surface area contributed by atoms with Crippen LogP contribution in [-0.4, -0.2) is 5.91 Å². The van der Waals surface area contributed by atoms with Crippen molar-refractivity contribution in [3.05, 3.63) is 40.4 Å². The second-order valence-corrected chi connectivity index (χ2v) is 6.38. The molecule has 2 aliphatic carbocycles. The minimum Gasteiger partial charge on any atom is -0.323 e. The Morgan fingerprint density at radius 2 is 1.95 bits per heavy atom. The quantitative estimate of drug-likeness (QED) is 0.771. The highest BCUT2D eigenvalue weighted by molar-refractivity contribution is 6.39. The molecular weight excluding hydrogens is 293 g/mol. The highest BCUT2D eigenvalue weighted by Crippen LogP contribution is 2.52. The van der Waals surface area contributed by atoms with Crippen LogP contribution < -0.4 is 5.32 Å². The van der Waals surface area contributed by atoms with Gasteiger partial charge in [0.15, 0.2) is 0 Å². The fourth-order valence-electron chi connectivity index (χ4n) is 3.12. The number of amides is 1. The Balaban J connectivity index is 1.72. The minimum atomic E-state index is 0.0431. The summed E-state index contributed by atoms with van der Waals surface area (Å²) in [6.45, 7) is 0. The van der Waals surface area contributed by atoms with Gasteiger partial charge in [-0.25, -0.2) is 0 Å². The van der Waals surface area contributed by atoms with E-state index in [0.29, 0.717) is 27.6 Å². The maximum atomic E-state index is 12.4. The molecule has 1 aromatic rings. The number of allylic oxidation sites excluding steroid dienone is 2. The number of anilines is 1. The van der Waals surface area contributed by atoms with Gasteiger partial charge < -0.3 is 5.32 Å². The summed E-state index contributed by atoms with van der Waals surface area (Å²) in [6, 6.07) is 5.24. The molecule has 106 valence electrons. The van der Waals surface area contributed by atoms with Crippen molar-refractivity contribution >= 4 is 34.8 Å². The summed E-state index contributed by atoms with van der Waals surface area (Å²) >= 11 is 12.2. The van der Waals surface area contributed by atoms with Gasteiger partial charge in [0.05, 0.1) is 15.7 Å². The Morgan fingerprint density at radius 3 is 2.70 bits per heavy atom. The van der Waals surface area contributed by atoms with Crippen molar-refractivity contribution in [3.8, 4) is 0 Å². The molecular formula is C16H17Cl2NO. The molecule has 0 unspecified atom stereocenters. The average molecular weight is 310 g/mol. The SMILES string of the molecule is O=C(Nc1c(Cl)cccc1Cl)[C@@H]1[C@H]2/C=C\CCCC[C@@H]21. The van der Waals surface area contributed by atoms with Gasteiger partial charge in [0.25, 0.3) is 0 Å². The van der Waals surface area contributed by atoms with Gasteiger partial charge in [0, 0.05) is 5.92 Å². The number of halogens is 2. The van der Waals surface area contributed by atoms with E-state index in [4.69, 9.17) is 23.2 Å². The van der Waals surface area contributed by atoms with Gasteiger partial charge in [-0.3, -0.25) is 4.79 Å². The number of rotatable bonds is 2. The fraction of sp³-hybridized carbons (Fsp3) is 0.438. The van der Waals surface area contributed by atoms with Gasteiger partial charge >= 0.3 is 0 Å². The molecule has 1 saturated carbocycles. The van der Waals surface area contributed by atoms with Gasteiger partial charge in [-0.1, -0.05) is 47.8 Å². The predicted molar refractivity (Wildman–Crippen MR) is 83.2 cm³/mol. The van der Waals surface area contributed by atoms with Crippen LogP contribution in [-0.2, 0) is 4.79 Å². The first-order chi connectivity index (χ1) is 9.68. The van der Waals surface area contributed by atoms with E-state index in [1.54, 1.807) is 18.2 Å². The van der Waals surface area contributed by atoms with Crippen LogP contribution in [0.2, 0.25) is 10.0 Å². The van der Waals surface area contributed by atoms with E-state index in [9.17, 15) is 4.79 Å². The Labute approximate surface area is 129 Å². The monoisotopic (exact) mass is 309 g/mol. The lowest BCUT2D eigenvalue weighted by Gasteiger charge is -2.08. The van der Waals surface area contributed by atoms with Gasteiger partial charge in [0.2, 0.25) is 5.91 Å². The molecule has 1 fully saturated rings. The molecule has 0 radical (unpaired) electrons. The number of hydrogen-bond acceptors (Lipinski definition) is 1. The van der Waals surface area contributed by atoms with Crippen molar-refractivity contribution in [1.82, 2.24) is 0 Å². The first-order valence-electron chi connectivity index (χ1n) is 7.10. The third-order valence-corrected chi connectivity index (χ3v) is 4.89. The molecule has 4 heteroatoms. The summed E-state index contributed by atoms with van der Waals surface area (Å²) in [4.78, 5) is 12.4. The highest BCUT2D eigenvalue weighted by atomic mass is 35.5. The van der Waals surface area contributed by atoms with Crippen LogP contribution in [0.25, 0.3) is 0 Å². The normalized spacial score (nSPS) is 29.8. The second-order valence-electron chi connectivity index (χ2n) is 5.57. The number of benzene rings is 1. The number of hydrogen-bond donors (Lipinski definition) is 1. The van der Waals surface area contributed by atoms with Crippen molar-refractivity contribution < 1.29 is 4.79 Å². The predicted octanol–water partition coefficient (Wildman–Crippen LogP) is 4.92. The molecule has 0 bridgehead atoms. The average Bonchev–Trinajstić information content (AvgIpc) is 3.05. The minimum absolute atomic E-state index is 0.0431. The number of carbonyl (C=O) groups is 1. The third-order valence-electron chi connectivity index (χ3n) is 4.26. The summed E-state index contributed by atoms with van der Waals surface area (Å²) in [5.41, 5.74) is 0.532. The van der Waals surface area contributed by atoms with Crippen molar-refractivity contribution in [2.24, 2.45) is 17.8 Å². The summed E-state index contributed by atoms with van der Waals surface area (Å²) in [7, 11) is 0. The molecule has 3 atom stereocenters. The number of carbonyl (C=O) groups excluding carboxylic acids is 1.